The van der Waals surface area contributed by atoms with Gasteiger partial charge in [0.15, 0.2) is 11.5 Å². The van der Waals surface area contributed by atoms with E-state index in [2.05, 4.69) is 9.97 Å². The molecular weight excluding hydrogens is 406 g/mol. The molecule has 0 unspecified atom stereocenters. The van der Waals surface area contributed by atoms with Crippen LogP contribution in [0.4, 0.5) is 0 Å². The van der Waals surface area contributed by atoms with Crippen LogP contribution in [0.1, 0.15) is 36.5 Å². The van der Waals surface area contributed by atoms with Gasteiger partial charge in [0.25, 0.3) is 11.5 Å². The summed E-state index contributed by atoms with van der Waals surface area (Å²) in [5.74, 6) is 1.28. The molecule has 2 aromatic carbocycles. The fraction of sp³-hybridized carbons (Fsp3) is 0.318. The van der Waals surface area contributed by atoms with Crippen molar-refractivity contribution in [1.29, 1.82) is 0 Å². The number of benzene rings is 2. The van der Waals surface area contributed by atoms with Gasteiger partial charge in [0.2, 0.25) is 0 Å². The van der Waals surface area contributed by atoms with Gasteiger partial charge in [-0.2, -0.15) is 0 Å². The quantitative estimate of drug-likeness (QED) is 0.584. The van der Waals surface area contributed by atoms with Gasteiger partial charge in [-0.15, -0.1) is 0 Å². The smallest absolute Gasteiger partial charge is 0.258 e. The number of amides is 1. The predicted octanol–water partition coefficient (Wildman–Crippen LogP) is 4.04. The molecule has 0 atom stereocenters. The molecule has 7 nitrogen and oxygen atoms in total. The SMILES string of the molecule is CCCN(Cc1nc2cc(Cl)ccc2c(=O)[nH]1)C(=O)c1ccc(OC)c(OCC)c1. The highest BCUT2D eigenvalue weighted by Gasteiger charge is 2.19. The van der Waals surface area contributed by atoms with Gasteiger partial charge < -0.3 is 19.4 Å². The van der Waals surface area contributed by atoms with Gasteiger partial charge in [0.1, 0.15) is 5.82 Å². The fourth-order valence-corrected chi connectivity index (χ4v) is 3.37. The largest absolute Gasteiger partial charge is 0.493 e. The Labute approximate surface area is 179 Å². The van der Waals surface area contributed by atoms with Crippen molar-refractivity contribution >= 4 is 28.4 Å². The summed E-state index contributed by atoms with van der Waals surface area (Å²) < 4.78 is 10.9. The van der Waals surface area contributed by atoms with Gasteiger partial charge in [-0.3, -0.25) is 9.59 Å². The molecule has 0 radical (unpaired) electrons. The molecule has 3 aromatic rings. The molecule has 0 saturated carbocycles. The molecule has 0 bridgehead atoms. The molecule has 8 heteroatoms. The van der Waals surface area contributed by atoms with Crippen molar-refractivity contribution in [2.75, 3.05) is 20.3 Å². The number of carbonyl (C=O) groups excluding carboxylic acids is 1. The van der Waals surface area contributed by atoms with Crippen molar-refractivity contribution in [1.82, 2.24) is 14.9 Å². The van der Waals surface area contributed by atoms with Gasteiger partial charge in [-0.05, 0) is 49.7 Å². The summed E-state index contributed by atoms with van der Waals surface area (Å²) in [7, 11) is 1.55. The Morgan fingerprint density at radius 3 is 2.67 bits per heavy atom. The van der Waals surface area contributed by atoms with E-state index in [1.54, 1.807) is 48.4 Å². The lowest BCUT2D eigenvalue weighted by atomic mass is 10.1. The van der Waals surface area contributed by atoms with Gasteiger partial charge in [0, 0.05) is 17.1 Å². The van der Waals surface area contributed by atoms with Crippen LogP contribution in [0.25, 0.3) is 10.9 Å². The number of aromatic nitrogens is 2. The number of aromatic amines is 1. The predicted molar refractivity (Wildman–Crippen MR) is 117 cm³/mol. The average Bonchev–Trinajstić information content (AvgIpc) is 2.73. The van der Waals surface area contributed by atoms with Gasteiger partial charge in [-0.1, -0.05) is 18.5 Å². The van der Waals surface area contributed by atoms with Crippen LogP contribution in [0.15, 0.2) is 41.2 Å². The van der Waals surface area contributed by atoms with E-state index in [4.69, 9.17) is 21.1 Å². The molecule has 1 aromatic heterocycles. The first-order chi connectivity index (χ1) is 14.5. The lowest BCUT2D eigenvalue weighted by Gasteiger charge is -2.22. The van der Waals surface area contributed by atoms with Crippen LogP contribution in [0.2, 0.25) is 5.02 Å². The molecule has 1 N–H and O–H groups in total. The zero-order valence-corrected chi connectivity index (χ0v) is 18.0. The van der Waals surface area contributed by atoms with E-state index in [0.29, 0.717) is 52.0 Å². The number of H-pyrrole nitrogens is 1. The van der Waals surface area contributed by atoms with Crippen molar-refractivity contribution in [3.63, 3.8) is 0 Å². The molecule has 0 aliphatic carbocycles. The topological polar surface area (TPSA) is 84.5 Å². The average molecular weight is 430 g/mol. The summed E-state index contributed by atoms with van der Waals surface area (Å²) in [5, 5.41) is 0.947. The molecular formula is C22H24ClN3O4. The van der Waals surface area contributed by atoms with Crippen molar-refractivity contribution in [2.45, 2.75) is 26.8 Å². The molecule has 0 fully saturated rings. The number of ether oxygens (including phenoxy) is 2. The first-order valence-electron chi connectivity index (χ1n) is 9.75. The van der Waals surface area contributed by atoms with Crippen LogP contribution in [0, 0.1) is 0 Å². The molecule has 0 spiro atoms. The highest BCUT2D eigenvalue weighted by molar-refractivity contribution is 6.31. The van der Waals surface area contributed by atoms with Crippen LogP contribution in [0.5, 0.6) is 11.5 Å². The third kappa shape index (κ3) is 4.74. The molecule has 0 aliphatic rings. The van der Waals surface area contributed by atoms with Gasteiger partial charge in [-0.25, -0.2) is 4.98 Å². The van der Waals surface area contributed by atoms with E-state index in [9.17, 15) is 9.59 Å². The van der Waals surface area contributed by atoms with E-state index in [-0.39, 0.29) is 18.0 Å². The van der Waals surface area contributed by atoms with E-state index < -0.39 is 0 Å². The first kappa shape index (κ1) is 21.6. The maximum atomic E-state index is 13.2. The lowest BCUT2D eigenvalue weighted by Crippen LogP contribution is -2.32. The lowest BCUT2D eigenvalue weighted by molar-refractivity contribution is 0.0738. The molecule has 1 amide bonds. The summed E-state index contributed by atoms with van der Waals surface area (Å²) in [5.41, 5.74) is 0.700. The Morgan fingerprint density at radius 2 is 1.97 bits per heavy atom. The standard InChI is InChI=1S/C22H24ClN3O4/c1-4-10-26(22(28)14-6-9-18(29-3)19(11-14)30-5-2)13-20-24-17-12-15(23)7-8-16(17)21(27)25-20/h6-9,11-12H,4-5,10,13H2,1-3H3,(H,24,25,27). The number of halogens is 1. The van der Waals surface area contributed by atoms with Crippen molar-refractivity contribution in [3.05, 3.63) is 63.2 Å². The summed E-state index contributed by atoms with van der Waals surface area (Å²) in [6, 6.07) is 9.99. The Hall–Kier alpha value is -3.06. The maximum absolute atomic E-state index is 13.2. The second-order valence-electron chi connectivity index (χ2n) is 6.70. The highest BCUT2D eigenvalue weighted by Crippen LogP contribution is 2.28. The third-order valence-electron chi connectivity index (χ3n) is 4.55. The number of carbonyl (C=O) groups is 1. The van der Waals surface area contributed by atoms with Crippen LogP contribution >= 0.6 is 11.6 Å². The number of hydrogen-bond acceptors (Lipinski definition) is 5. The Kier molecular flexibility index (Phi) is 6.95. The summed E-state index contributed by atoms with van der Waals surface area (Å²) in [6.45, 7) is 4.98. The minimum Gasteiger partial charge on any atom is -0.493 e. The Balaban J connectivity index is 1.92. The Morgan fingerprint density at radius 1 is 1.17 bits per heavy atom. The maximum Gasteiger partial charge on any atom is 0.258 e. The molecule has 0 saturated heterocycles. The van der Waals surface area contributed by atoms with Crippen LogP contribution in [0.3, 0.4) is 0 Å². The van der Waals surface area contributed by atoms with E-state index >= 15 is 0 Å². The number of nitrogens with zero attached hydrogens (tertiary/aromatic N) is 2. The molecule has 1 heterocycles. The van der Waals surface area contributed by atoms with Crippen molar-refractivity contribution in [2.24, 2.45) is 0 Å². The van der Waals surface area contributed by atoms with Crippen molar-refractivity contribution < 1.29 is 14.3 Å². The molecule has 3 rings (SSSR count). The minimum atomic E-state index is -0.265. The van der Waals surface area contributed by atoms with Crippen LogP contribution < -0.4 is 15.0 Å². The zero-order valence-electron chi connectivity index (χ0n) is 17.2. The first-order valence-corrected chi connectivity index (χ1v) is 10.1. The number of rotatable bonds is 8. The monoisotopic (exact) mass is 429 g/mol. The zero-order chi connectivity index (χ0) is 21.7. The van der Waals surface area contributed by atoms with Gasteiger partial charge in [0.05, 0.1) is 31.2 Å². The summed E-state index contributed by atoms with van der Waals surface area (Å²) in [4.78, 5) is 34.5. The van der Waals surface area contributed by atoms with E-state index in [1.165, 1.54) is 0 Å². The Bertz CT molecular complexity index is 1110. The highest BCUT2D eigenvalue weighted by atomic mass is 35.5. The number of methoxy groups -OCH3 is 1. The fourth-order valence-electron chi connectivity index (χ4n) is 3.20. The van der Waals surface area contributed by atoms with E-state index in [1.807, 2.05) is 13.8 Å². The molecule has 158 valence electrons. The number of fused-ring (bicyclic) bond motifs is 1. The third-order valence-corrected chi connectivity index (χ3v) is 4.78. The van der Waals surface area contributed by atoms with Gasteiger partial charge >= 0.3 is 0 Å². The number of hydrogen-bond donors (Lipinski definition) is 1. The van der Waals surface area contributed by atoms with Crippen molar-refractivity contribution in [3.8, 4) is 11.5 Å². The van der Waals surface area contributed by atoms with E-state index in [0.717, 1.165) is 6.42 Å². The van der Waals surface area contributed by atoms with Crippen LogP contribution in [-0.2, 0) is 6.54 Å². The summed E-state index contributed by atoms with van der Waals surface area (Å²) in [6.07, 6.45) is 0.754. The second-order valence-corrected chi connectivity index (χ2v) is 7.14. The minimum absolute atomic E-state index is 0.167. The normalized spacial score (nSPS) is 10.8. The molecule has 0 aliphatic heterocycles. The molecule has 30 heavy (non-hydrogen) atoms. The second kappa shape index (κ2) is 9.63. The van der Waals surface area contributed by atoms with Crippen LogP contribution in [-0.4, -0.2) is 41.0 Å². The summed E-state index contributed by atoms with van der Waals surface area (Å²) >= 11 is 6.04. The number of nitrogens with one attached hydrogen (secondary N) is 1.